The van der Waals surface area contributed by atoms with Crippen LogP contribution in [0.4, 0.5) is 13.2 Å². The maximum Gasteiger partial charge on any atom is 0.416 e. The molecule has 0 amide bonds. The van der Waals surface area contributed by atoms with E-state index in [4.69, 9.17) is 14.6 Å². The van der Waals surface area contributed by atoms with Crippen LogP contribution in [0.3, 0.4) is 0 Å². The number of carbonyl (C=O) groups is 1. The molecule has 4 rings (SSSR count). The maximum absolute atomic E-state index is 12.6. The molecule has 2 aliphatic heterocycles. The fraction of sp³-hybridized carbons (Fsp3) is 0.318. The van der Waals surface area contributed by atoms with Crippen molar-refractivity contribution in [1.82, 2.24) is 4.90 Å². The van der Waals surface area contributed by atoms with Crippen LogP contribution in [0.1, 0.15) is 16.7 Å². The third-order valence-electron chi connectivity index (χ3n) is 5.18. The molecule has 2 heterocycles. The number of alkyl halides is 3. The summed E-state index contributed by atoms with van der Waals surface area (Å²) in [5.74, 6) is 0.203. The fourth-order valence-electron chi connectivity index (χ4n) is 3.47. The second kappa shape index (κ2) is 8.02. The van der Waals surface area contributed by atoms with E-state index < -0.39 is 17.7 Å². The Bertz CT molecular complexity index is 963. The normalized spacial score (nSPS) is 16.8. The minimum atomic E-state index is -4.35. The molecule has 2 aromatic carbocycles. The maximum atomic E-state index is 12.6. The average molecular weight is 419 g/mol. The zero-order valence-corrected chi connectivity index (χ0v) is 16.0. The van der Waals surface area contributed by atoms with Gasteiger partial charge in [-0.15, -0.1) is 0 Å². The van der Waals surface area contributed by atoms with E-state index in [-0.39, 0.29) is 12.5 Å². The predicted octanol–water partition coefficient (Wildman–Crippen LogP) is 4.08. The lowest BCUT2D eigenvalue weighted by Crippen LogP contribution is -2.51. The van der Waals surface area contributed by atoms with E-state index in [1.54, 1.807) is 12.1 Å². The van der Waals surface area contributed by atoms with Crippen molar-refractivity contribution in [1.29, 1.82) is 0 Å². The molecular weight excluding hydrogens is 399 g/mol. The SMILES string of the molecule is O=C(O)C1CN(CC2=Cc3ccc(OCc4ccc(C(F)(F)F)cc4)cc3OC2)C1. The first-order valence-electron chi connectivity index (χ1n) is 9.48. The summed E-state index contributed by atoms with van der Waals surface area (Å²) >= 11 is 0. The summed E-state index contributed by atoms with van der Waals surface area (Å²) in [5, 5.41) is 8.95. The molecule has 0 spiro atoms. The number of likely N-dealkylation sites (tertiary alicyclic amines) is 1. The van der Waals surface area contributed by atoms with Crippen LogP contribution in [-0.4, -0.2) is 42.2 Å². The summed E-state index contributed by atoms with van der Waals surface area (Å²) in [4.78, 5) is 13.0. The van der Waals surface area contributed by atoms with Gasteiger partial charge >= 0.3 is 12.1 Å². The standard InChI is InChI=1S/C22H20F3NO4/c23-22(24,25)18-4-1-14(2-5-18)12-29-19-6-3-16-7-15(13-30-20(16)8-19)9-26-10-17(11-26)21(27)28/h1-8,17H,9-13H2,(H,27,28). The number of hydrogen-bond acceptors (Lipinski definition) is 4. The molecule has 30 heavy (non-hydrogen) atoms. The number of aliphatic carboxylic acids is 1. The minimum Gasteiger partial charge on any atom is -0.489 e. The van der Waals surface area contributed by atoms with Crippen molar-refractivity contribution in [2.75, 3.05) is 26.2 Å². The predicted molar refractivity (Wildman–Crippen MR) is 103 cm³/mol. The Balaban J connectivity index is 1.34. The summed E-state index contributed by atoms with van der Waals surface area (Å²) in [5.41, 5.74) is 1.93. The summed E-state index contributed by atoms with van der Waals surface area (Å²) in [6, 6.07) is 10.3. The number of benzene rings is 2. The van der Waals surface area contributed by atoms with Crippen molar-refractivity contribution in [2.24, 2.45) is 5.92 Å². The van der Waals surface area contributed by atoms with E-state index in [0.717, 1.165) is 23.3 Å². The lowest BCUT2D eigenvalue weighted by molar-refractivity contribution is -0.147. The van der Waals surface area contributed by atoms with Crippen molar-refractivity contribution in [3.8, 4) is 11.5 Å². The summed E-state index contributed by atoms with van der Waals surface area (Å²) in [6.45, 7) is 2.35. The molecule has 0 radical (unpaired) electrons. The Morgan fingerprint density at radius 2 is 1.90 bits per heavy atom. The van der Waals surface area contributed by atoms with Crippen LogP contribution in [0.2, 0.25) is 0 Å². The van der Waals surface area contributed by atoms with Gasteiger partial charge in [-0.25, -0.2) is 0 Å². The van der Waals surface area contributed by atoms with Crippen LogP contribution in [0, 0.1) is 5.92 Å². The number of fused-ring (bicyclic) bond motifs is 1. The minimum absolute atomic E-state index is 0.151. The zero-order chi connectivity index (χ0) is 21.3. The number of ether oxygens (including phenoxy) is 2. The van der Waals surface area contributed by atoms with Gasteiger partial charge in [0, 0.05) is 31.3 Å². The highest BCUT2D eigenvalue weighted by Crippen LogP contribution is 2.32. The lowest BCUT2D eigenvalue weighted by Gasteiger charge is -2.37. The van der Waals surface area contributed by atoms with Crippen LogP contribution in [0.15, 0.2) is 48.0 Å². The molecule has 8 heteroatoms. The van der Waals surface area contributed by atoms with E-state index in [2.05, 4.69) is 4.90 Å². The largest absolute Gasteiger partial charge is 0.489 e. The molecule has 1 fully saturated rings. The van der Waals surface area contributed by atoms with E-state index in [1.165, 1.54) is 12.1 Å². The van der Waals surface area contributed by atoms with Gasteiger partial charge in [-0.3, -0.25) is 9.69 Å². The van der Waals surface area contributed by atoms with Gasteiger partial charge in [-0.05, 0) is 41.5 Å². The average Bonchev–Trinajstić information content (AvgIpc) is 2.68. The van der Waals surface area contributed by atoms with Crippen molar-refractivity contribution in [3.63, 3.8) is 0 Å². The smallest absolute Gasteiger partial charge is 0.416 e. The molecule has 0 aromatic heterocycles. The fourth-order valence-corrected chi connectivity index (χ4v) is 3.47. The highest BCUT2D eigenvalue weighted by Gasteiger charge is 2.33. The number of carboxylic acid groups (broad SMARTS) is 1. The molecule has 158 valence electrons. The van der Waals surface area contributed by atoms with Gasteiger partial charge < -0.3 is 14.6 Å². The first kappa shape index (κ1) is 20.3. The molecule has 0 unspecified atom stereocenters. The van der Waals surface area contributed by atoms with Crippen molar-refractivity contribution < 1.29 is 32.5 Å². The molecule has 0 saturated carbocycles. The highest BCUT2D eigenvalue weighted by atomic mass is 19.4. The number of halogens is 3. The topological polar surface area (TPSA) is 59.0 Å². The Labute approximate surface area is 171 Å². The van der Waals surface area contributed by atoms with Gasteiger partial charge in [0.25, 0.3) is 0 Å². The molecule has 5 nitrogen and oxygen atoms in total. The molecule has 2 aromatic rings. The van der Waals surface area contributed by atoms with Gasteiger partial charge in [0.05, 0.1) is 11.5 Å². The van der Waals surface area contributed by atoms with Crippen LogP contribution >= 0.6 is 0 Å². The lowest BCUT2D eigenvalue weighted by atomic mass is 9.98. The Kier molecular flexibility index (Phi) is 5.42. The Hall–Kier alpha value is -3.00. The molecular formula is C22H20F3NO4. The van der Waals surface area contributed by atoms with Gasteiger partial charge in [0.15, 0.2) is 0 Å². The summed E-state index contributed by atoms with van der Waals surface area (Å²) < 4.78 is 49.4. The van der Waals surface area contributed by atoms with Crippen LogP contribution in [-0.2, 0) is 17.6 Å². The van der Waals surface area contributed by atoms with Crippen LogP contribution in [0.5, 0.6) is 11.5 Å². The van der Waals surface area contributed by atoms with Gasteiger partial charge in [-0.2, -0.15) is 13.2 Å². The third-order valence-corrected chi connectivity index (χ3v) is 5.18. The number of nitrogens with zero attached hydrogens (tertiary/aromatic N) is 1. The van der Waals surface area contributed by atoms with Crippen molar-refractivity contribution in [3.05, 3.63) is 64.7 Å². The van der Waals surface area contributed by atoms with Gasteiger partial charge in [-0.1, -0.05) is 12.1 Å². The van der Waals surface area contributed by atoms with Crippen molar-refractivity contribution >= 4 is 12.0 Å². The zero-order valence-electron chi connectivity index (χ0n) is 16.0. The molecule has 0 atom stereocenters. The van der Waals surface area contributed by atoms with E-state index in [0.29, 0.717) is 43.3 Å². The number of hydrogen-bond donors (Lipinski definition) is 1. The highest BCUT2D eigenvalue weighted by molar-refractivity contribution is 5.71. The molecule has 2 aliphatic rings. The molecule has 1 N–H and O–H groups in total. The van der Waals surface area contributed by atoms with Crippen molar-refractivity contribution in [2.45, 2.75) is 12.8 Å². The molecule has 0 aliphatic carbocycles. The second-order valence-electron chi connectivity index (χ2n) is 7.50. The van der Waals surface area contributed by atoms with Crippen LogP contribution in [0.25, 0.3) is 6.08 Å². The van der Waals surface area contributed by atoms with Gasteiger partial charge in [0.1, 0.15) is 24.7 Å². The number of carboxylic acids is 1. The Morgan fingerprint density at radius 1 is 1.17 bits per heavy atom. The first-order valence-corrected chi connectivity index (χ1v) is 9.48. The Morgan fingerprint density at radius 3 is 2.57 bits per heavy atom. The monoisotopic (exact) mass is 419 g/mol. The molecule has 0 bridgehead atoms. The second-order valence-corrected chi connectivity index (χ2v) is 7.50. The quantitative estimate of drug-likeness (QED) is 0.765. The van der Waals surface area contributed by atoms with E-state index in [1.807, 2.05) is 12.1 Å². The summed E-state index contributed by atoms with van der Waals surface area (Å²) in [7, 11) is 0. The first-order chi connectivity index (χ1) is 14.3. The van der Waals surface area contributed by atoms with E-state index >= 15 is 0 Å². The van der Waals surface area contributed by atoms with Crippen LogP contribution < -0.4 is 9.47 Å². The van der Waals surface area contributed by atoms with E-state index in [9.17, 15) is 18.0 Å². The summed E-state index contributed by atoms with van der Waals surface area (Å²) in [6.07, 6.45) is -2.32. The molecule has 1 saturated heterocycles. The number of rotatable bonds is 6. The third kappa shape index (κ3) is 4.59. The van der Waals surface area contributed by atoms with Gasteiger partial charge in [0.2, 0.25) is 0 Å².